The molecule has 2 amide bonds. The SMILES string of the molecule is CC1=C(C(=O)NN)c2c(Br)cn(C)c(=O)c2[N+]1(COCC[Si](C)(C)C)C(=O)C(C)(C)O. The van der Waals surface area contributed by atoms with E-state index in [0.29, 0.717) is 11.1 Å². The number of nitrogens with two attached hydrogens (primary N) is 1. The van der Waals surface area contributed by atoms with Crippen molar-refractivity contribution in [3.63, 3.8) is 0 Å². The summed E-state index contributed by atoms with van der Waals surface area (Å²) in [5.41, 5.74) is 0.518. The van der Waals surface area contributed by atoms with Crippen molar-refractivity contribution >= 4 is 47.1 Å². The molecule has 1 aliphatic heterocycles. The van der Waals surface area contributed by atoms with Gasteiger partial charge in [0.15, 0.2) is 12.3 Å². The third-order valence-electron chi connectivity index (χ3n) is 5.38. The van der Waals surface area contributed by atoms with Crippen LogP contribution < -0.4 is 21.3 Å². The van der Waals surface area contributed by atoms with E-state index < -0.39 is 35.5 Å². The van der Waals surface area contributed by atoms with Gasteiger partial charge in [0.1, 0.15) is 11.3 Å². The zero-order chi connectivity index (χ0) is 23.9. The molecule has 1 aromatic heterocycles. The Labute approximate surface area is 191 Å². The number of rotatable bonds is 7. The number of nitrogens with zero attached hydrogens (tertiary/aromatic N) is 2. The van der Waals surface area contributed by atoms with E-state index in [9.17, 15) is 19.5 Å². The summed E-state index contributed by atoms with van der Waals surface area (Å²) in [7, 11) is 0.146. The van der Waals surface area contributed by atoms with Crippen LogP contribution in [0.2, 0.25) is 25.7 Å². The van der Waals surface area contributed by atoms with Gasteiger partial charge in [-0.2, -0.15) is 4.48 Å². The molecule has 0 aliphatic carbocycles. The number of allylic oxidation sites excluding steroid dienone is 1. The van der Waals surface area contributed by atoms with Crippen LogP contribution in [0.4, 0.5) is 5.69 Å². The lowest BCUT2D eigenvalue weighted by atomic mass is 10.1. The van der Waals surface area contributed by atoms with Gasteiger partial charge in [-0.1, -0.05) is 19.6 Å². The second kappa shape index (κ2) is 8.72. The fraction of sp³-hybridized carbons (Fsp3) is 0.550. The molecule has 1 atom stereocenters. The quantitative estimate of drug-likeness (QED) is 0.127. The van der Waals surface area contributed by atoms with E-state index >= 15 is 0 Å². The third kappa shape index (κ3) is 4.62. The molecule has 0 radical (unpaired) electrons. The molecule has 4 N–H and O–H groups in total. The minimum absolute atomic E-state index is 0.0492. The van der Waals surface area contributed by atoms with Gasteiger partial charge in [-0.3, -0.25) is 15.0 Å². The fourth-order valence-corrected chi connectivity index (χ4v) is 5.13. The van der Waals surface area contributed by atoms with Crippen LogP contribution in [0.5, 0.6) is 0 Å². The molecule has 9 nitrogen and oxygen atoms in total. The second-order valence-electron chi connectivity index (χ2n) is 9.57. The number of aliphatic hydroxyl groups is 1. The molecule has 0 spiro atoms. The average Bonchev–Trinajstić information content (AvgIpc) is 2.90. The molecule has 0 saturated carbocycles. The molecule has 2 rings (SSSR count). The number of halogens is 1. The van der Waals surface area contributed by atoms with Crippen LogP contribution in [0.3, 0.4) is 0 Å². The van der Waals surface area contributed by atoms with Crippen LogP contribution in [0.25, 0.3) is 5.57 Å². The zero-order valence-electron chi connectivity index (χ0n) is 19.1. The van der Waals surface area contributed by atoms with E-state index in [4.69, 9.17) is 10.6 Å². The van der Waals surface area contributed by atoms with Crippen LogP contribution in [-0.2, 0) is 21.4 Å². The third-order valence-corrected chi connectivity index (χ3v) is 7.69. The van der Waals surface area contributed by atoms with Gasteiger partial charge in [0.05, 0.1) is 12.2 Å². The zero-order valence-corrected chi connectivity index (χ0v) is 21.7. The van der Waals surface area contributed by atoms with Crippen LogP contribution >= 0.6 is 15.9 Å². The first-order chi connectivity index (χ1) is 14.1. The van der Waals surface area contributed by atoms with Crippen molar-refractivity contribution in [1.29, 1.82) is 0 Å². The highest BCUT2D eigenvalue weighted by Gasteiger charge is 2.58. The van der Waals surface area contributed by atoms with E-state index in [2.05, 4.69) is 41.0 Å². The normalized spacial score (nSPS) is 18.9. The van der Waals surface area contributed by atoms with Crippen molar-refractivity contribution in [2.24, 2.45) is 12.9 Å². The van der Waals surface area contributed by atoms with Gasteiger partial charge in [-0.15, -0.1) is 0 Å². The molecule has 172 valence electrons. The summed E-state index contributed by atoms with van der Waals surface area (Å²) in [5.74, 6) is 4.10. The van der Waals surface area contributed by atoms with E-state index in [0.717, 1.165) is 6.04 Å². The van der Waals surface area contributed by atoms with Gasteiger partial charge >= 0.3 is 11.5 Å². The van der Waals surface area contributed by atoms with E-state index in [1.807, 2.05) is 0 Å². The maximum atomic E-state index is 13.7. The number of carbonyl (C=O) groups excluding carboxylic acids is 2. The molecule has 11 heteroatoms. The van der Waals surface area contributed by atoms with E-state index in [-0.39, 0.29) is 29.3 Å². The first kappa shape index (κ1) is 25.6. The number of hydrogen-bond acceptors (Lipinski definition) is 6. The first-order valence-electron chi connectivity index (χ1n) is 9.95. The summed E-state index contributed by atoms with van der Waals surface area (Å²) in [6.07, 6.45) is 1.53. The summed E-state index contributed by atoms with van der Waals surface area (Å²) in [6, 6.07) is 0.853. The van der Waals surface area contributed by atoms with Gasteiger partial charge in [0.2, 0.25) is 5.69 Å². The summed E-state index contributed by atoms with van der Waals surface area (Å²) in [5, 5.41) is 10.7. The second-order valence-corrected chi connectivity index (χ2v) is 16.0. The molecule has 1 aliphatic rings. The maximum Gasteiger partial charge on any atom is 0.356 e. The van der Waals surface area contributed by atoms with Gasteiger partial charge in [-0.05, 0) is 35.8 Å². The molecular weight excluding hydrogens is 484 g/mol. The van der Waals surface area contributed by atoms with Crippen molar-refractivity contribution in [3.05, 3.63) is 32.3 Å². The highest BCUT2D eigenvalue weighted by molar-refractivity contribution is 9.10. The summed E-state index contributed by atoms with van der Waals surface area (Å²) >= 11 is 3.42. The van der Waals surface area contributed by atoms with Crippen LogP contribution in [0, 0.1) is 0 Å². The molecule has 2 heterocycles. The number of aromatic nitrogens is 1. The molecule has 0 bridgehead atoms. The van der Waals surface area contributed by atoms with Gasteiger partial charge in [-0.25, -0.2) is 10.6 Å². The lowest BCUT2D eigenvalue weighted by Crippen LogP contribution is -2.62. The number of hydrazine groups is 1. The molecular formula is C20H32BrN4O5Si+. The topological polar surface area (TPSA) is 124 Å². The Hall–Kier alpha value is -1.63. The van der Waals surface area contributed by atoms with Crippen molar-refractivity contribution in [3.8, 4) is 0 Å². The number of amides is 2. The highest BCUT2D eigenvalue weighted by Crippen LogP contribution is 2.47. The number of fused-ring (bicyclic) bond motifs is 1. The monoisotopic (exact) mass is 515 g/mol. The maximum absolute atomic E-state index is 13.7. The number of ether oxygens (including phenoxy) is 1. The lowest BCUT2D eigenvalue weighted by Gasteiger charge is -2.35. The Morgan fingerprint density at radius 3 is 2.42 bits per heavy atom. The number of aryl methyl sites for hydroxylation is 1. The average molecular weight is 516 g/mol. The Morgan fingerprint density at radius 2 is 1.94 bits per heavy atom. The summed E-state index contributed by atoms with van der Waals surface area (Å²) < 4.78 is 7.02. The Morgan fingerprint density at radius 1 is 1.35 bits per heavy atom. The molecule has 1 aromatic rings. The Balaban J connectivity index is 2.83. The Bertz CT molecular complexity index is 1010. The van der Waals surface area contributed by atoms with Crippen LogP contribution in [-0.4, -0.2) is 48.5 Å². The van der Waals surface area contributed by atoms with Gasteiger partial charge < -0.3 is 14.4 Å². The highest BCUT2D eigenvalue weighted by atomic mass is 79.9. The lowest BCUT2D eigenvalue weighted by molar-refractivity contribution is -0.149. The van der Waals surface area contributed by atoms with E-state index in [1.54, 1.807) is 14.0 Å². The molecule has 0 saturated heterocycles. The number of pyridine rings is 1. The van der Waals surface area contributed by atoms with Crippen LogP contribution in [0.15, 0.2) is 21.2 Å². The minimum atomic E-state index is -1.80. The summed E-state index contributed by atoms with van der Waals surface area (Å²) in [6.45, 7) is 11.1. The number of hydrogen-bond donors (Lipinski definition) is 3. The molecule has 31 heavy (non-hydrogen) atoms. The van der Waals surface area contributed by atoms with Crippen LogP contribution in [0.1, 0.15) is 26.3 Å². The van der Waals surface area contributed by atoms with Gasteiger partial charge in [0.25, 0.3) is 5.91 Å². The van der Waals surface area contributed by atoms with E-state index in [1.165, 1.54) is 24.6 Å². The number of carbonyl (C=O) groups is 2. The van der Waals surface area contributed by atoms with Crippen molar-refractivity contribution in [1.82, 2.24) is 14.5 Å². The number of nitrogens with one attached hydrogen (secondary N) is 1. The standard InChI is InChI=1S/C20H31BrN4O5Si/c1-12-14(17(26)23-22)15-13(21)10-24(4)18(27)16(15)25(12,19(28)20(2,3)29)11-30-8-9-31(5,6)7/h10,29H,8-9,11,22H2,1-7H3/p+1. The predicted molar refractivity (Wildman–Crippen MR) is 126 cm³/mol. The minimum Gasteiger partial charge on any atom is -0.377 e. The molecule has 0 aromatic carbocycles. The largest absolute Gasteiger partial charge is 0.377 e. The van der Waals surface area contributed by atoms with Crippen molar-refractivity contribution < 1.29 is 19.4 Å². The predicted octanol–water partition coefficient (Wildman–Crippen LogP) is 1.80. The smallest absolute Gasteiger partial charge is 0.356 e. The Kier molecular flexibility index (Phi) is 7.21. The first-order valence-corrected chi connectivity index (χ1v) is 14.4. The fourth-order valence-electron chi connectivity index (χ4n) is 3.68. The molecule has 1 unspecified atom stereocenters. The van der Waals surface area contributed by atoms with Crippen molar-refractivity contribution in [2.45, 2.75) is 52.1 Å². The number of quaternary nitrogens is 1. The van der Waals surface area contributed by atoms with Gasteiger partial charge in [0, 0.05) is 32.7 Å². The van der Waals surface area contributed by atoms with Crippen molar-refractivity contribution in [2.75, 3.05) is 13.3 Å². The summed E-state index contributed by atoms with van der Waals surface area (Å²) in [4.78, 5) is 39.7. The molecule has 0 fully saturated rings.